The van der Waals surface area contributed by atoms with E-state index in [4.69, 9.17) is 22.4 Å². The van der Waals surface area contributed by atoms with Gasteiger partial charge in [0.1, 0.15) is 5.82 Å². The fraction of sp³-hybridized carbons (Fsp3) is 0.385. The van der Waals surface area contributed by atoms with Crippen LogP contribution in [0.5, 0.6) is 0 Å². The van der Waals surface area contributed by atoms with Crippen molar-refractivity contribution in [2.24, 2.45) is 5.41 Å². The van der Waals surface area contributed by atoms with Crippen molar-refractivity contribution < 1.29 is 14.0 Å². The Kier molecular flexibility index (Phi) is 123. The number of benzene rings is 1. The van der Waals surface area contributed by atoms with Crippen molar-refractivity contribution in [3.8, 4) is 0 Å². The molecule has 3 nitrogen and oxygen atoms in total. The van der Waals surface area contributed by atoms with E-state index in [2.05, 4.69) is 5.32 Å². The zero-order chi connectivity index (χ0) is 73.7. The van der Waals surface area contributed by atoms with Crippen molar-refractivity contribution in [2.75, 3.05) is 5.32 Å². The summed E-state index contributed by atoms with van der Waals surface area (Å²) < 4.78 is 13.0. The molecule has 0 unspecified atom stereocenters. The van der Waals surface area contributed by atoms with Gasteiger partial charge in [-0.2, -0.15) is 0 Å². The molecule has 602 valence electrons. The third-order valence-electron chi connectivity index (χ3n) is 4.39. The zero-order valence-electron chi connectivity index (χ0n) is 44.9. The summed E-state index contributed by atoms with van der Waals surface area (Å²) in [6.45, 7) is 5.79. The molecule has 0 atom stereocenters. The molecule has 1 N–H and O–H groups in total. The monoisotopic (exact) mass is 2950 g/mol. The van der Waals surface area contributed by atoms with Gasteiger partial charge in [0.15, 0.2) is 6.29 Å². The van der Waals surface area contributed by atoms with E-state index in [1.54, 1.807) is 107 Å². The molecule has 0 spiro atoms. The van der Waals surface area contributed by atoms with Gasteiger partial charge in [-0.15, -0.1) is 0 Å². The smallest absolute Gasteiger partial charge is 0.224 e. The SMILES string of the molecule is CC(C)(C)CC(=O)Nc1cc(F)ccc1C=O.S=S=S=S=S=S=S=S=S=S=S=S=S=S=S=S=S=S=S=S=S=S=S=S=S=S=S=S=S=S=S=S=S=S=S=S=S=S=S=S=S=S=S=S=S=S=S=S=S=S=S=S=S=S=S=S=S=S=S=S=S=S=S=S=S=S=S=S=S=S=S=S=S=S=S=S=S=S=S=S=S=S=S=S=S. The third kappa shape index (κ3) is 104. The van der Waals surface area contributed by atoms with E-state index in [0.29, 0.717) is 12.7 Å². The molecule has 89 heteroatoms. The normalized spacial score (nSPS) is 8.39. The molecule has 1 aromatic rings. The van der Waals surface area contributed by atoms with Crippen LogP contribution in [0.25, 0.3) is 0 Å². The molecular weight excluding hydrogens is 2950 g/mol. The molecular formula is C13H16FNO2S85. The number of hydrogen-bond acceptors (Lipinski definition) is 4. The van der Waals surface area contributed by atoms with Crippen LogP contribution in [0.4, 0.5) is 10.1 Å². The van der Waals surface area contributed by atoms with Crippen LogP contribution in [-0.4, -0.2) is 12.2 Å². The first-order valence-electron chi connectivity index (χ1n) is 19.4. The Morgan fingerprint density at radius 2 is 0.422 bits per heavy atom. The molecule has 1 amide bonds. The van der Waals surface area contributed by atoms with E-state index in [0.717, 1.165) is 6.07 Å². The van der Waals surface area contributed by atoms with E-state index in [1.165, 1.54) is 29.9 Å². The van der Waals surface area contributed by atoms with E-state index >= 15 is 0 Å². The number of aldehydes is 1. The Hall–Kier alpha value is 17.0. The van der Waals surface area contributed by atoms with Gasteiger partial charge in [0.25, 0.3) is 0 Å². The van der Waals surface area contributed by atoms with Crippen molar-refractivity contribution in [3.05, 3.63) is 29.6 Å². The van der Waals surface area contributed by atoms with Crippen LogP contribution in [-0.2, 0) is 764 Å². The Labute approximate surface area is 834 Å². The number of carbonyl (C=O) groups excluding carboxylic acids is 2. The highest BCUT2D eigenvalue weighted by molar-refractivity contribution is 8.86. The van der Waals surface area contributed by atoms with Gasteiger partial charge >= 0.3 is 0 Å². The van der Waals surface area contributed by atoms with Crippen LogP contribution < -0.4 is 5.32 Å². The fourth-order valence-corrected chi connectivity index (χ4v) is 225. The molecule has 0 aliphatic rings. The molecule has 102 heavy (non-hydrogen) atoms. The summed E-state index contributed by atoms with van der Waals surface area (Å²) in [6, 6.07) is 3.67. The summed E-state index contributed by atoms with van der Waals surface area (Å²) >= 11 is 9.65. The molecule has 0 saturated carbocycles. The minimum absolute atomic E-state index is 0.154. The maximum Gasteiger partial charge on any atom is 0.224 e. The molecule has 1 aromatic carbocycles. The average molecular weight is 2960 g/mol. The first-order chi connectivity index (χ1) is 50.2. The Morgan fingerprint density at radius 1 is 0.284 bits per heavy atom. The quantitative estimate of drug-likeness (QED) is 0.474. The highest BCUT2D eigenvalue weighted by atomic mass is 33.6. The number of amides is 1. The summed E-state index contributed by atoms with van der Waals surface area (Å²) in [5.41, 5.74) is 0.335. The van der Waals surface area contributed by atoms with Crippen molar-refractivity contribution in [2.45, 2.75) is 27.2 Å². The van der Waals surface area contributed by atoms with Crippen molar-refractivity contribution in [3.63, 3.8) is 0 Å². The minimum Gasteiger partial charge on any atom is -0.325 e. The summed E-state index contributed by atoms with van der Waals surface area (Å²) in [4.78, 5) is 22.4. The first-order valence-corrected chi connectivity index (χ1v) is 131. The van der Waals surface area contributed by atoms with Crippen LogP contribution in [0.3, 0.4) is 0 Å². The van der Waals surface area contributed by atoms with E-state index in [1.807, 2.05) is 634 Å². The molecule has 0 saturated heterocycles. The van der Waals surface area contributed by atoms with Gasteiger partial charge in [-0.1, -0.05) is 20.8 Å². The van der Waals surface area contributed by atoms with Crippen molar-refractivity contribution in [1.29, 1.82) is 0 Å². The van der Waals surface area contributed by atoms with Crippen LogP contribution in [0, 0.1) is 11.2 Å². The molecule has 0 heterocycles. The predicted octanol–water partition coefficient (Wildman–Crippen LogP) is 2.81. The fourth-order valence-electron chi connectivity index (χ4n) is 2.33. The van der Waals surface area contributed by atoms with Crippen molar-refractivity contribution in [1.82, 2.24) is 0 Å². The molecule has 0 radical (unpaired) electrons. The Bertz CT molecular complexity index is 7070. The van der Waals surface area contributed by atoms with E-state index in [-0.39, 0.29) is 22.6 Å². The van der Waals surface area contributed by atoms with Crippen LogP contribution in [0.15, 0.2) is 18.2 Å². The second kappa shape index (κ2) is 105. The topological polar surface area (TPSA) is 46.2 Å². The van der Waals surface area contributed by atoms with Gasteiger partial charge in [-0.25, -0.2) is 4.39 Å². The largest absolute Gasteiger partial charge is 0.325 e. The lowest BCUT2D eigenvalue weighted by Gasteiger charge is -2.17. The van der Waals surface area contributed by atoms with Gasteiger partial charge in [0, 0.05) is 771 Å². The average Bonchev–Trinajstić information content (AvgIpc) is 0.864. The lowest BCUT2D eigenvalue weighted by Crippen LogP contribution is -2.20. The minimum atomic E-state index is -0.485. The molecule has 0 bridgehead atoms. The van der Waals surface area contributed by atoms with Gasteiger partial charge in [0.05, 0.1) is 5.69 Å². The first kappa shape index (κ1) is 119. The van der Waals surface area contributed by atoms with Crippen LogP contribution in [0.2, 0.25) is 0 Å². The van der Waals surface area contributed by atoms with Gasteiger partial charge < -0.3 is 5.32 Å². The van der Waals surface area contributed by atoms with Gasteiger partial charge in [0.2, 0.25) is 5.91 Å². The maximum absolute atomic E-state index is 13.0. The molecule has 0 fully saturated rings. The predicted molar refractivity (Wildman–Crippen MR) is 691 cm³/mol. The van der Waals surface area contributed by atoms with Gasteiger partial charge in [-0.05, 0) is 23.6 Å². The number of rotatable bonds is 3. The third-order valence-corrected chi connectivity index (χ3v) is 187. The zero-order valence-corrected chi connectivity index (χ0v) is 114. The van der Waals surface area contributed by atoms with Crippen molar-refractivity contribution >= 4 is 777 Å². The van der Waals surface area contributed by atoms with E-state index in [9.17, 15) is 14.0 Å². The maximum atomic E-state index is 13.0. The molecule has 0 aliphatic heterocycles. The summed E-state index contributed by atoms with van der Waals surface area (Å²) in [6.07, 6.45) is 0.897. The Morgan fingerprint density at radius 3 is 0.539 bits per heavy atom. The number of halogens is 1. The highest BCUT2D eigenvalue weighted by Gasteiger charge is 2.17. The lowest BCUT2D eigenvalue weighted by atomic mass is 9.92. The second-order valence-electron chi connectivity index (χ2n) is 10.8. The molecule has 0 aromatic heterocycles. The molecule has 0 aliphatic carbocycles. The highest BCUT2D eigenvalue weighted by Crippen LogP contribution is 2.21. The van der Waals surface area contributed by atoms with Gasteiger partial charge in [-0.3, -0.25) is 9.59 Å². The standard InChI is InChI=1S/C13H16FNO2.S85/c1-13(2,3)7-12(17)15-11-6-10(14)5-4-9(11)8-16;1-3-5-7-9-11-13-15-17-19-21-23-25-27-29-31-33-35-37-39-41-43-45-47-49-51-53-55-57-59-61-63-65-67-69-71-73-75-77-79-81-83-85-84-82-80-78-76-74-72-70-68-66-64-62-60-58-56-54-52-50-48-46-44-42-40-38-36-34-32-30-28-26-24-22-20-18-16-14-12-10-8-6-4-2/h4-6,8H,7H2,1-3H3,(H,15,17);. The number of carbonyl (C=O) groups is 2. The summed E-state index contributed by atoms with van der Waals surface area (Å²) in [5.74, 6) is -0.715. The number of nitrogens with one attached hydrogen (secondary N) is 1. The lowest BCUT2D eigenvalue weighted by molar-refractivity contribution is -0.117. The van der Waals surface area contributed by atoms with Crippen LogP contribution >= 0.6 is 0 Å². The Balaban J connectivity index is 0.00000519. The molecule has 1 rings (SSSR count). The van der Waals surface area contributed by atoms with Crippen LogP contribution in [0.1, 0.15) is 37.6 Å². The summed E-state index contributed by atoms with van der Waals surface area (Å²) in [5, 5.41) is 2.55. The van der Waals surface area contributed by atoms with E-state index < -0.39 is 5.82 Å². The second-order valence-corrected chi connectivity index (χ2v) is 158. The number of hydrogen-bond donors (Lipinski definition) is 1. The summed E-state index contributed by atoms with van der Waals surface area (Å²) in [7, 11) is 150. The number of anilines is 1.